The zero-order valence-electron chi connectivity index (χ0n) is 16.5. The molecule has 1 aromatic carbocycles. The highest BCUT2D eigenvalue weighted by atomic mass is 32.2. The second-order valence-electron chi connectivity index (χ2n) is 7.03. The van der Waals surface area contributed by atoms with Crippen LogP contribution >= 0.6 is 11.9 Å². The number of carbonyl (C=O) groups is 1. The van der Waals surface area contributed by atoms with E-state index in [0.29, 0.717) is 17.5 Å². The summed E-state index contributed by atoms with van der Waals surface area (Å²) >= 11 is 1.17. The lowest BCUT2D eigenvalue weighted by Gasteiger charge is -2.29. The summed E-state index contributed by atoms with van der Waals surface area (Å²) in [5.74, 6) is 0.117. The number of primary amides is 1. The van der Waals surface area contributed by atoms with E-state index in [-0.39, 0.29) is 17.6 Å². The van der Waals surface area contributed by atoms with Gasteiger partial charge in [0, 0.05) is 47.0 Å². The molecular formula is C20H26N8OS. The number of aromatic nitrogens is 2. The second-order valence-corrected chi connectivity index (χ2v) is 7.73. The van der Waals surface area contributed by atoms with Gasteiger partial charge in [-0.3, -0.25) is 4.79 Å². The predicted molar refractivity (Wildman–Crippen MR) is 123 cm³/mol. The molecule has 1 aromatic heterocycles. The molecule has 1 aliphatic carbocycles. The van der Waals surface area contributed by atoms with Gasteiger partial charge in [-0.1, -0.05) is 25.0 Å². The molecule has 8 N–H and O–H groups in total. The number of hydrogen-bond acceptors (Lipinski definition) is 9. The molecule has 9 nitrogen and oxygen atoms in total. The van der Waals surface area contributed by atoms with Gasteiger partial charge in [-0.25, -0.2) is 9.38 Å². The molecule has 0 bridgehead atoms. The number of benzene rings is 1. The summed E-state index contributed by atoms with van der Waals surface area (Å²) in [6.07, 6.45) is 5.59. The number of carbonyl (C=O) groups excluding carboxylic acids is 1. The molecule has 1 amide bonds. The smallest absolute Gasteiger partial charge is 0.254 e. The van der Waals surface area contributed by atoms with Crippen molar-refractivity contribution in [3.63, 3.8) is 0 Å². The van der Waals surface area contributed by atoms with E-state index < -0.39 is 5.91 Å². The largest absolute Gasteiger partial charge is 0.398 e. The van der Waals surface area contributed by atoms with E-state index in [0.717, 1.165) is 36.9 Å². The highest BCUT2D eigenvalue weighted by molar-refractivity contribution is 8.01. The SMILES string of the molecule is C=NS/C=C(\N)c1ccc(Nc2nc(N[C@@H]3CCCC[C@@H]3N)ncc2C(N)=O)cc1. The van der Waals surface area contributed by atoms with Gasteiger partial charge < -0.3 is 27.8 Å². The van der Waals surface area contributed by atoms with Crippen LogP contribution in [0.1, 0.15) is 41.6 Å². The van der Waals surface area contributed by atoms with Crippen LogP contribution in [0.2, 0.25) is 0 Å². The fraction of sp³-hybridized carbons (Fsp3) is 0.300. The fourth-order valence-electron chi connectivity index (χ4n) is 3.28. The first-order valence-corrected chi connectivity index (χ1v) is 10.5. The van der Waals surface area contributed by atoms with E-state index in [2.05, 4.69) is 31.7 Å². The van der Waals surface area contributed by atoms with Crippen LogP contribution in [-0.2, 0) is 0 Å². The summed E-state index contributed by atoms with van der Waals surface area (Å²) in [6.45, 7) is 3.40. The van der Waals surface area contributed by atoms with Crippen molar-refractivity contribution < 1.29 is 4.79 Å². The first-order valence-electron chi connectivity index (χ1n) is 9.62. The molecule has 10 heteroatoms. The van der Waals surface area contributed by atoms with Crippen LogP contribution in [0.25, 0.3) is 5.70 Å². The van der Waals surface area contributed by atoms with Gasteiger partial charge in [-0.2, -0.15) is 4.98 Å². The first kappa shape index (κ1) is 21.6. The molecule has 0 spiro atoms. The van der Waals surface area contributed by atoms with Gasteiger partial charge in [0.2, 0.25) is 5.95 Å². The van der Waals surface area contributed by atoms with Crippen molar-refractivity contribution in [3.8, 4) is 0 Å². The molecule has 1 heterocycles. The Morgan fingerprint density at radius 1 is 1.23 bits per heavy atom. The Bertz CT molecular complexity index is 931. The molecular weight excluding hydrogens is 400 g/mol. The van der Waals surface area contributed by atoms with Crippen LogP contribution in [0.5, 0.6) is 0 Å². The minimum Gasteiger partial charge on any atom is -0.398 e. The maximum Gasteiger partial charge on any atom is 0.254 e. The maximum absolute atomic E-state index is 11.8. The molecule has 0 radical (unpaired) electrons. The van der Waals surface area contributed by atoms with E-state index in [4.69, 9.17) is 17.2 Å². The fourth-order valence-corrected chi connectivity index (χ4v) is 3.60. The lowest BCUT2D eigenvalue weighted by Crippen LogP contribution is -2.43. The van der Waals surface area contributed by atoms with Crippen molar-refractivity contribution in [2.75, 3.05) is 10.6 Å². The molecule has 1 aliphatic rings. The molecule has 158 valence electrons. The first-order chi connectivity index (χ1) is 14.5. The third kappa shape index (κ3) is 5.49. The summed E-state index contributed by atoms with van der Waals surface area (Å²) in [7, 11) is 0. The number of amides is 1. The summed E-state index contributed by atoms with van der Waals surface area (Å²) in [5, 5.41) is 8.13. The Morgan fingerprint density at radius 2 is 1.97 bits per heavy atom. The topological polar surface area (TPSA) is 157 Å². The third-order valence-corrected chi connectivity index (χ3v) is 5.43. The number of hydrogen-bond donors (Lipinski definition) is 5. The Morgan fingerprint density at radius 3 is 2.63 bits per heavy atom. The quantitative estimate of drug-likeness (QED) is 0.318. The van der Waals surface area contributed by atoms with Gasteiger partial charge in [0.05, 0.1) is 0 Å². The summed E-state index contributed by atoms with van der Waals surface area (Å²) in [5.41, 5.74) is 20.0. The number of nitrogens with zero attached hydrogens (tertiary/aromatic N) is 3. The van der Waals surface area contributed by atoms with Crippen molar-refractivity contribution >= 4 is 47.7 Å². The van der Waals surface area contributed by atoms with Crippen molar-refractivity contribution in [3.05, 3.63) is 47.0 Å². The van der Waals surface area contributed by atoms with Gasteiger partial charge in [0.1, 0.15) is 11.4 Å². The Labute approximate surface area is 179 Å². The average molecular weight is 427 g/mol. The molecule has 1 fully saturated rings. The van der Waals surface area contributed by atoms with Gasteiger partial charge >= 0.3 is 0 Å². The molecule has 0 saturated heterocycles. The van der Waals surface area contributed by atoms with Crippen molar-refractivity contribution in [1.29, 1.82) is 0 Å². The lowest BCUT2D eigenvalue weighted by molar-refractivity contribution is 0.100. The number of rotatable bonds is 8. The zero-order chi connectivity index (χ0) is 21.5. The number of nitrogens with two attached hydrogens (primary N) is 3. The van der Waals surface area contributed by atoms with E-state index in [1.165, 1.54) is 18.1 Å². The number of anilines is 3. The van der Waals surface area contributed by atoms with E-state index in [1.54, 1.807) is 5.41 Å². The van der Waals surface area contributed by atoms with Gasteiger partial charge in [0.15, 0.2) is 0 Å². The van der Waals surface area contributed by atoms with E-state index in [1.807, 2.05) is 24.3 Å². The predicted octanol–water partition coefficient (Wildman–Crippen LogP) is 2.61. The van der Waals surface area contributed by atoms with Gasteiger partial charge in [-0.05, 0) is 37.3 Å². The monoisotopic (exact) mass is 426 g/mol. The molecule has 2 atom stereocenters. The highest BCUT2D eigenvalue weighted by Gasteiger charge is 2.23. The molecule has 0 unspecified atom stereocenters. The van der Waals surface area contributed by atoms with E-state index in [9.17, 15) is 4.79 Å². The maximum atomic E-state index is 11.8. The standard InChI is InChI=1S/C20H26N8OS/c1-24-30-11-16(22)12-6-8-13(9-7-12)26-19-14(18(23)29)10-25-20(28-19)27-17-5-3-2-4-15(17)21/h6-11,15,17H,1-5,21-22H2,(H2,23,29)(H2,25,26,27,28)/b16-11-/t15-,17+/m0/s1. The van der Waals surface area contributed by atoms with Gasteiger partial charge in [0.25, 0.3) is 5.91 Å². The summed E-state index contributed by atoms with van der Waals surface area (Å²) in [6, 6.07) is 7.52. The lowest BCUT2D eigenvalue weighted by atomic mass is 9.91. The van der Waals surface area contributed by atoms with Crippen LogP contribution in [0.3, 0.4) is 0 Å². The molecule has 0 aliphatic heterocycles. The van der Waals surface area contributed by atoms with Crippen molar-refractivity contribution in [2.45, 2.75) is 37.8 Å². The number of nitrogens with one attached hydrogen (secondary N) is 2. The zero-order valence-corrected chi connectivity index (χ0v) is 17.4. The minimum absolute atomic E-state index is 0.0510. The van der Waals surface area contributed by atoms with Crippen LogP contribution in [0.15, 0.2) is 40.3 Å². The van der Waals surface area contributed by atoms with Crippen LogP contribution < -0.4 is 27.8 Å². The second kappa shape index (κ2) is 10.1. The normalized spacial score (nSPS) is 19.2. The Kier molecular flexibility index (Phi) is 7.26. The molecule has 30 heavy (non-hydrogen) atoms. The summed E-state index contributed by atoms with van der Waals surface area (Å²) < 4.78 is 3.68. The minimum atomic E-state index is -0.615. The van der Waals surface area contributed by atoms with Crippen molar-refractivity contribution in [2.24, 2.45) is 21.6 Å². The molecule has 1 saturated carbocycles. The summed E-state index contributed by atoms with van der Waals surface area (Å²) in [4.78, 5) is 20.5. The molecule has 3 rings (SSSR count). The van der Waals surface area contributed by atoms with E-state index >= 15 is 0 Å². The van der Waals surface area contributed by atoms with Crippen LogP contribution in [0.4, 0.5) is 17.5 Å². The van der Waals surface area contributed by atoms with Gasteiger partial charge in [-0.15, -0.1) is 0 Å². The Balaban J connectivity index is 1.79. The van der Waals surface area contributed by atoms with Crippen molar-refractivity contribution in [1.82, 2.24) is 9.97 Å². The third-order valence-electron chi connectivity index (χ3n) is 4.92. The average Bonchev–Trinajstić information content (AvgIpc) is 2.74. The van der Waals surface area contributed by atoms with Crippen LogP contribution in [0, 0.1) is 0 Å². The highest BCUT2D eigenvalue weighted by Crippen LogP contribution is 2.24. The van der Waals surface area contributed by atoms with Crippen LogP contribution in [-0.4, -0.2) is 34.7 Å². The molecule has 2 aromatic rings. The Hall–Kier alpha value is -3.11.